The molecule has 3 rings (SSSR count). The van der Waals surface area contributed by atoms with Crippen molar-refractivity contribution in [3.63, 3.8) is 0 Å². The van der Waals surface area contributed by atoms with Crippen LogP contribution in [-0.4, -0.2) is 40.9 Å². The molecule has 0 radical (unpaired) electrons. The van der Waals surface area contributed by atoms with Gasteiger partial charge < -0.3 is 15.2 Å². The second-order valence-corrected chi connectivity index (χ2v) is 7.37. The van der Waals surface area contributed by atoms with E-state index in [4.69, 9.17) is 15.2 Å². The number of nitrogen functional groups attached to an aromatic ring is 1. The van der Waals surface area contributed by atoms with Crippen LogP contribution in [0, 0.1) is 0 Å². The predicted octanol–water partition coefficient (Wildman–Crippen LogP) is 4.40. The van der Waals surface area contributed by atoms with E-state index in [1.165, 1.54) is 11.2 Å². The Bertz CT molecular complexity index is 903. The minimum absolute atomic E-state index is 0.431. The Balaban J connectivity index is 0.000000268. The number of nitrogens with two attached hydrogens (primary N) is 1. The van der Waals surface area contributed by atoms with Crippen molar-refractivity contribution in [2.24, 2.45) is 0 Å². The number of anilines is 1. The number of hydrogen-bond donors (Lipinski definition) is 1. The van der Waals surface area contributed by atoms with Crippen LogP contribution in [0.3, 0.4) is 0 Å². The molecule has 1 heterocycles. The van der Waals surface area contributed by atoms with E-state index in [0.29, 0.717) is 17.3 Å². The molecule has 2 aromatic carbocycles. The average Bonchev–Trinajstić information content (AvgIpc) is 2.75. The summed E-state index contributed by atoms with van der Waals surface area (Å²) in [7, 11) is 2.30. The van der Waals surface area contributed by atoms with Gasteiger partial charge in [0.15, 0.2) is 11.5 Å². The molecular weight excluding hydrogens is 394 g/mol. The van der Waals surface area contributed by atoms with Crippen LogP contribution in [0.2, 0.25) is 0 Å². The minimum atomic E-state index is -0.848. The maximum absolute atomic E-state index is 10.9. The second-order valence-electron chi connectivity index (χ2n) is 5.11. The average molecular weight is 422 g/mol. The number of rotatable bonds is 4. The van der Waals surface area contributed by atoms with E-state index in [1.807, 2.05) is 44.4 Å². The summed E-state index contributed by atoms with van der Waals surface area (Å²) in [6, 6.07) is 11.3. The first-order valence-electron chi connectivity index (χ1n) is 8.59. The molecule has 0 aliphatic rings. The fourth-order valence-electron chi connectivity index (χ4n) is 2.17. The van der Waals surface area contributed by atoms with Gasteiger partial charge in [0.25, 0.3) is 0 Å². The Morgan fingerprint density at radius 2 is 1.57 bits per heavy atom. The zero-order valence-electron chi connectivity index (χ0n) is 17.1. The van der Waals surface area contributed by atoms with Crippen LogP contribution in [0.4, 0.5) is 5.82 Å². The highest BCUT2D eigenvalue weighted by Crippen LogP contribution is 2.32. The van der Waals surface area contributed by atoms with Crippen LogP contribution in [-0.2, 0) is 10.8 Å². The lowest BCUT2D eigenvalue weighted by molar-refractivity contribution is 0.356. The molecule has 2 N–H and O–H groups in total. The molecule has 0 saturated heterocycles. The molecule has 0 aliphatic heterocycles. The minimum Gasteiger partial charge on any atom is -0.493 e. The van der Waals surface area contributed by atoms with Crippen molar-refractivity contribution in [1.82, 2.24) is 9.97 Å². The van der Waals surface area contributed by atoms with Crippen LogP contribution in [0.15, 0.2) is 52.5 Å². The molecule has 0 amide bonds. The maximum atomic E-state index is 10.9. The number of methoxy groups -OCH3 is 2. The third-order valence-electron chi connectivity index (χ3n) is 3.56. The molecule has 1 unspecified atom stereocenters. The molecule has 0 spiro atoms. The van der Waals surface area contributed by atoms with Gasteiger partial charge in [0.05, 0.1) is 19.7 Å². The SMILES string of the molecule is CC.COc1cc2ncnc(N)c2cc1OC.CSc1ccc(S(C)=O)cc1. The van der Waals surface area contributed by atoms with E-state index in [2.05, 4.69) is 9.97 Å². The Morgan fingerprint density at radius 1 is 1.00 bits per heavy atom. The Kier molecular flexibility index (Phi) is 10.3. The van der Waals surface area contributed by atoms with Crippen molar-refractivity contribution in [1.29, 1.82) is 0 Å². The van der Waals surface area contributed by atoms with Crippen LogP contribution in [0.1, 0.15) is 13.8 Å². The quantitative estimate of drug-likeness (QED) is 0.625. The highest BCUT2D eigenvalue weighted by molar-refractivity contribution is 7.98. The van der Waals surface area contributed by atoms with Gasteiger partial charge in [-0.1, -0.05) is 13.8 Å². The lowest BCUT2D eigenvalue weighted by atomic mass is 10.2. The van der Waals surface area contributed by atoms with Crippen LogP contribution < -0.4 is 15.2 Å². The van der Waals surface area contributed by atoms with Gasteiger partial charge >= 0.3 is 0 Å². The second kappa shape index (κ2) is 12.2. The number of aromatic nitrogens is 2. The number of benzene rings is 2. The van der Waals surface area contributed by atoms with E-state index >= 15 is 0 Å². The lowest BCUT2D eigenvalue weighted by Crippen LogP contribution is -1.96. The zero-order chi connectivity index (χ0) is 21.1. The van der Waals surface area contributed by atoms with Gasteiger partial charge in [-0.25, -0.2) is 9.97 Å². The number of ether oxygens (including phenoxy) is 2. The van der Waals surface area contributed by atoms with Crippen LogP contribution in [0.5, 0.6) is 11.5 Å². The molecule has 3 aromatic rings. The van der Waals surface area contributed by atoms with Crippen molar-refractivity contribution in [3.8, 4) is 11.5 Å². The fraction of sp³-hybridized carbons (Fsp3) is 0.300. The standard InChI is InChI=1S/C10H11N3O2.C8H10OS2.C2H6/c1-14-8-3-6-7(4-9(8)15-2)12-5-13-10(6)11;1-10-7-3-5-8(6-4-7)11(2)9;1-2/h3-5H,1-2H3,(H2,11,12,13);3-6H,1-2H3;1-2H3. The van der Waals surface area contributed by atoms with Crippen molar-refractivity contribution in [2.45, 2.75) is 23.6 Å². The monoisotopic (exact) mass is 421 g/mol. The highest BCUT2D eigenvalue weighted by atomic mass is 32.2. The summed E-state index contributed by atoms with van der Waals surface area (Å²) in [6.45, 7) is 4.00. The molecule has 0 fully saturated rings. The molecule has 1 aromatic heterocycles. The largest absolute Gasteiger partial charge is 0.493 e. The summed E-state index contributed by atoms with van der Waals surface area (Å²) >= 11 is 1.69. The van der Waals surface area contributed by atoms with Gasteiger partial charge in [0, 0.05) is 38.3 Å². The fourth-order valence-corrected chi connectivity index (χ4v) is 3.10. The van der Waals surface area contributed by atoms with Crippen molar-refractivity contribution >= 4 is 39.3 Å². The molecule has 28 heavy (non-hydrogen) atoms. The Morgan fingerprint density at radius 3 is 2.07 bits per heavy atom. The van der Waals surface area contributed by atoms with E-state index in [1.54, 1.807) is 44.4 Å². The molecule has 152 valence electrons. The van der Waals surface area contributed by atoms with Crippen molar-refractivity contribution < 1.29 is 13.7 Å². The molecule has 1 atom stereocenters. The van der Waals surface area contributed by atoms with Crippen LogP contribution >= 0.6 is 11.8 Å². The molecular formula is C20H27N3O3S2. The summed E-state index contributed by atoms with van der Waals surface area (Å²) in [6.07, 6.45) is 5.13. The van der Waals surface area contributed by atoms with Gasteiger partial charge in [0.2, 0.25) is 0 Å². The molecule has 0 saturated carbocycles. The first-order chi connectivity index (χ1) is 13.5. The number of fused-ring (bicyclic) bond motifs is 1. The topological polar surface area (TPSA) is 87.3 Å². The van der Waals surface area contributed by atoms with E-state index in [0.717, 1.165) is 15.8 Å². The number of nitrogens with zero attached hydrogens (tertiary/aromatic N) is 2. The van der Waals surface area contributed by atoms with E-state index in [-0.39, 0.29) is 0 Å². The summed E-state index contributed by atoms with van der Waals surface area (Å²) in [5.41, 5.74) is 6.46. The maximum Gasteiger partial charge on any atom is 0.162 e. The van der Waals surface area contributed by atoms with Crippen molar-refractivity contribution in [3.05, 3.63) is 42.7 Å². The number of hydrogen-bond acceptors (Lipinski definition) is 7. The third kappa shape index (κ3) is 6.38. The molecule has 0 bridgehead atoms. The lowest BCUT2D eigenvalue weighted by Gasteiger charge is -2.08. The summed E-state index contributed by atoms with van der Waals surface area (Å²) in [4.78, 5) is 10.1. The molecule has 6 nitrogen and oxygen atoms in total. The zero-order valence-corrected chi connectivity index (χ0v) is 18.7. The smallest absolute Gasteiger partial charge is 0.162 e. The number of thioether (sulfide) groups is 1. The van der Waals surface area contributed by atoms with Crippen molar-refractivity contribution in [2.75, 3.05) is 32.5 Å². The molecule has 8 heteroatoms. The highest BCUT2D eigenvalue weighted by Gasteiger charge is 2.08. The van der Waals surface area contributed by atoms with Gasteiger partial charge in [0.1, 0.15) is 12.1 Å². The Labute approximate surface area is 173 Å². The van der Waals surface area contributed by atoms with E-state index in [9.17, 15) is 4.21 Å². The normalized spacial score (nSPS) is 10.8. The van der Waals surface area contributed by atoms with Gasteiger partial charge in [-0.05, 0) is 36.6 Å². The van der Waals surface area contributed by atoms with E-state index < -0.39 is 10.8 Å². The summed E-state index contributed by atoms with van der Waals surface area (Å²) in [5, 5.41) is 0.759. The van der Waals surface area contributed by atoms with Crippen LogP contribution in [0.25, 0.3) is 10.9 Å². The predicted molar refractivity (Wildman–Crippen MR) is 119 cm³/mol. The van der Waals surface area contributed by atoms with Gasteiger partial charge in [-0.2, -0.15) is 0 Å². The third-order valence-corrected chi connectivity index (χ3v) is 5.24. The Hall–Kier alpha value is -2.32. The first-order valence-corrected chi connectivity index (χ1v) is 11.4. The summed E-state index contributed by atoms with van der Waals surface area (Å²) in [5.74, 6) is 1.68. The van der Waals surface area contributed by atoms with Gasteiger partial charge in [-0.3, -0.25) is 4.21 Å². The van der Waals surface area contributed by atoms with Gasteiger partial charge in [-0.15, -0.1) is 11.8 Å². The summed E-state index contributed by atoms with van der Waals surface area (Å²) < 4.78 is 21.3. The molecule has 0 aliphatic carbocycles. The first kappa shape index (κ1) is 23.7.